The standard InChI is InChI=1S/C14H15BrN2O/c1-9(18)11-4-5-14(12(15)8-11)17-7-6-13(16-17)10-2-3-10/h4-10,18H,2-3H2,1H3. The summed E-state index contributed by atoms with van der Waals surface area (Å²) in [6, 6.07) is 7.95. The molecule has 0 bridgehead atoms. The minimum atomic E-state index is -0.449. The molecule has 1 aliphatic rings. The molecule has 3 rings (SSSR count). The Morgan fingerprint density at radius 2 is 2.17 bits per heavy atom. The summed E-state index contributed by atoms with van der Waals surface area (Å²) in [4.78, 5) is 0. The summed E-state index contributed by atoms with van der Waals surface area (Å²) < 4.78 is 2.84. The van der Waals surface area contributed by atoms with Crippen molar-refractivity contribution in [2.24, 2.45) is 0 Å². The first-order valence-electron chi connectivity index (χ1n) is 6.18. The number of hydrogen-bond donors (Lipinski definition) is 1. The van der Waals surface area contributed by atoms with Crippen LogP contribution < -0.4 is 0 Å². The van der Waals surface area contributed by atoms with E-state index in [-0.39, 0.29) is 0 Å². The largest absolute Gasteiger partial charge is 0.389 e. The van der Waals surface area contributed by atoms with Gasteiger partial charge in [0.15, 0.2) is 0 Å². The van der Waals surface area contributed by atoms with Gasteiger partial charge in [-0.25, -0.2) is 4.68 Å². The molecule has 1 aliphatic carbocycles. The number of rotatable bonds is 3. The van der Waals surface area contributed by atoms with E-state index in [1.54, 1.807) is 6.92 Å². The van der Waals surface area contributed by atoms with E-state index in [9.17, 15) is 5.11 Å². The second kappa shape index (κ2) is 4.52. The van der Waals surface area contributed by atoms with E-state index in [1.165, 1.54) is 18.5 Å². The number of aromatic nitrogens is 2. The molecule has 2 aromatic rings. The zero-order chi connectivity index (χ0) is 12.7. The van der Waals surface area contributed by atoms with Gasteiger partial charge in [0, 0.05) is 16.6 Å². The third-order valence-electron chi connectivity index (χ3n) is 3.31. The molecule has 0 aliphatic heterocycles. The summed E-state index contributed by atoms with van der Waals surface area (Å²) in [6.45, 7) is 1.76. The van der Waals surface area contributed by atoms with E-state index >= 15 is 0 Å². The molecule has 3 nitrogen and oxygen atoms in total. The molecule has 0 radical (unpaired) electrons. The predicted molar refractivity (Wildman–Crippen MR) is 73.9 cm³/mol. The van der Waals surface area contributed by atoms with Crippen LogP contribution >= 0.6 is 15.9 Å². The molecular formula is C14H15BrN2O. The van der Waals surface area contributed by atoms with Gasteiger partial charge in [0.05, 0.1) is 17.5 Å². The zero-order valence-corrected chi connectivity index (χ0v) is 11.8. The van der Waals surface area contributed by atoms with Crippen LogP contribution in [-0.4, -0.2) is 14.9 Å². The number of aliphatic hydroxyl groups is 1. The minimum Gasteiger partial charge on any atom is -0.389 e. The molecule has 0 amide bonds. The summed E-state index contributed by atoms with van der Waals surface area (Å²) >= 11 is 3.54. The van der Waals surface area contributed by atoms with Crippen LogP contribution in [-0.2, 0) is 0 Å². The molecule has 0 saturated heterocycles. The first-order chi connectivity index (χ1) is 8.65. The van der Waals surface area contributed by atoms with Crippen LogP contribution in [0.2, 0.25) is 0 Å². The SMILES string of the molecule is CC(O)c1ccc(-n2ccc(C3CC3)n2)c(Br)c1. The highest BCUT2D eigenvalue weighted by Crippen LogP contribution is 2.39. The van der Waals surface area contributed by atoms with Crippen LogP contribution in [0, 0.1) is 0 Å². The molecular weight excluding hydrogens is 292 g/mol. The number of benzene rings is 1. The van der Waals surface area contributed by atoms with Gasteiger partial charge in [0.2, 0.25) is 0 Å². The van der Waals surface area contributed by atoms with Crippen molar-refractivity contribution >= 4 is 15.9 Å². The molecule has 1 aromatic carbocycles. The van der Waals surface area contributed by atoms with Crippen LogP contribution in [0.5, 0.6) is 0 Å². The summed E-state index contributed by atoms with van der Waals surface area (Å²) in [5.74, 6) is 0.668. The third kappa shape index (κ3) is 2.22. The van der Waals surface area contributed by atoms with Crippen molar-refractivity contribution in [2.75, 3.05) is 0 Å². The Morgan fingerprint density at radius 1 is 1.39 bits per heavy atom. The fourth-order valence-corrected chi connectivity index (χ4v) is 2.62. The predicted octanol–water partition coefficient (Wildman–Crippen LogP) is 3.57. The van der Waals surface area contributed by atoms with E-state index < -0.39 is 6.10 Å². The molecule has 4 heteroatoms. The van der Waals surface area contributed by atoms with Gasteiger partial charge in [-0.05, 0) is 59.5 Å². The van der Waals surface area contributed by atoms with Crippen molar-refractivity contribution in [3.05, 3.63) is 46.2 Å². The Hall–Kier alpha value is -1.13. The van der Waals surface area contributed by atoms with E-state index in [2.05, 4.69) is 27.1 Å². The van der Waals surface area contributed by atoms with Gasteiger partial charge in [-0.2, -0.15) is 5.10 Å². The summed E-state index contributed by atoms with van der Waals surface area (Å²) in [5, 5.41) is 14.2. The van der Waals surface area contributed by atoms with Crippen molar-refractivity contribution in [2.45, 2.75) is 31.8 Å². The zero-order valence-electron chi connectivity index (χ0n) is 10.2. The molecule has 1 fully saturated rings. The second-order valence-electron chi connectivity index (χ2n) is 4.85. The van der Waals surface area contributed by atoms with Gasteiger partial charge in [0.1, 0.15) is 0 Å². The van der Waals surface area contributed by atoms with Gasteiger partial charge in [0.25, 0.3) is 0 Å². The Bertz CT molecular complexity index is 573. The summed E-state index contributed by atoms with van der Waals surface area (Å²) in [5.41, 5.74) is 3.09. The molecule has 1 N–H and O–H groups in total. The van der Waals surface area contributed by atoms with Crippen LogP contribution in [0.15, 0.2) is 34.9 Å². The third-order valence-corrected chi connectivity index (χ3v) is 3.94. The lowest BCUT2D eigenvalue weighted by atomic mass is 10.1. The lowest BCUT2D eigenvalue weighted by molar-refractivity contribution is 0.199. The Morgan fingerprint density at radius 3 is 2.78 bits per heavy atom. The topological polar surface area (TPSA) is 38.0 Å². The van der Waals surface area contributed by atoms with Gasteiger partial charge < -0.3 is 5.11 Å². The van der Waals surface area contributed by atoms with Crippen LogP contribution in [0.1, 0.15) is 43.0 Å². The lowest BCUT2D eigenvalue weighted by Gasteiger charge is -2.09. The monoisotopic (exact) mass is 306 g/mol. The Labute approximate surface area is 115 Å². The smallest absolute Gasteiger partial charge is 0.0787 e. The number of nitrogens with zero attached hydrogens (tertiary/aromatic N) is 2. The number of halogens is 1. The average Bonchev–Trinajstić information content (AvgIpc) is 3.08. The summed E-state index contributed by atoms with van der Waals surface area (Å²) in [7, 11) is 0. The van der Waals surface area contributed by atoms with Crippen LogP contribution in [0.3, 0.4) is 0 Å². The maximum absolute atomic E-state index is 9.55. The maximum Gasteiger partial charge on any atom is 0.0787 e. The lowest BCUT2D eigenvalue weighted by Crippen LogP contribution is -1.99. The van der Waals surface area contributed by atoms with Crippen molar-refractivity contribution < 1.29 is 5.11 Å². The molecule has 1 heterocycles. The van der Waals surface area contributed by atoms with E-state index in [0.29, 0.717) is 5.92 Å². The quantitative estimate of drug-likeness (QED) is 0.941. The van der Waals surface area contributed by atoms with Gasteiger partial charge in [-0.3, -0.25) is 0 Å². The summed E-state index contributed by atoms with van der Waals surface area (Å²) in [6.07, 6.45) is 4.07. The van der Waals surface area contributed by atoms with Gasteiger partial charge in [-0.15, -0.1) is 0 Å². The molecule has 0 spiro atoms. The van der Waals surface area contributed by atoms with Crippen molar-refractivity contribution in [1.82, 2.24) is 9.78 Å². The maximum atomic E-state index is 9.55. The highest BCUT2D eigenvalue weighted by Gasteiger charge is 2.26. The molecule has 1 atom stereocenters. The molecule has 94 valence electrons. The number of hydrogen-bond acceptors (Lipinski definition) is 2. The van der Waals surface area contributed by atoms with Gasteiger partial charge in [-0.1, -0.05) is 6.07 Å². The average molecular weight is 307 g/mol. The Balaban J connectivity index is 1.94. The van der Waals surface area contributed by atoms with Crippen molar-refractivity contribution in [1.29, 1.82) is 0 Å². The molecule has 1 saturated carbocycles. The van der Waals surface area contributed by atoms with Crippen molar-refractivity contribution in [3.8, 4) is 5.69 Å². The highest BCUT2D eigenvalue weighted by atomic mass is 79.9. The number of aliphatic hydroxyl groups excluding tert-OH is 1. The fraction of sp³-hybridized carbons (Fsp3) is 0.357. The highest BCUT2D eigenvalue weighted by molar-refractivity contribution is 9.10. The van der Waals surface area contributed by atoms with Gasteiger partial charge >= 0.3 is 0 Å². The molecule has 18 heavy (non-hydrogen) atoms. The van der Waals surface area contributed by atoms with Crippen molar-refractivity contribution in [3.63, 3.8) is 0 Å². The second-order valence-corrected chi connectivity index (χ2v) is 5.70. The fourth-order valence-electron chi connectivity index (χ4n) is 2.04. The Kier molecular flexibility index (Phi) is 2.99. The normalized spacial score (nSPS) is 16.8. The van der Waals surface area contributed by atoms with Crippen LogP contribution in [0.25, 0.3) is 5.69 Å². The first kappa shape index (κ1) is 11.9. The molecule has 1 aromatic heterocycles. The molecule has 1 unspecified atom stereocenters. The van der Waals surface area contributed by atoms with Crippen LogP contribution in [0.4, 0.5) is 0 Å². The minimum absolute atomic E-state index is 0.449. The van der Waals surface area contributed by atoms with E-state index in [0.717, 1.165) is 15.7 Å². The van der Waals surface area contributed by atoms with E-state index in [1.807, 2.05) is 29.1 Å². The first-order valence-corrected chi connectivity index (χ1v) is 6.98. The van der Waals surface area contributed by atoms with E-state index in [4.69, 9.17) is 0 Å².